The maximum atomic E-state index is 13.3. The number of amides is 2. The van der Waals surface area contributed by atoms with Gasteiger partial charge in [0.2, 0.25) is 0 Å². The van der Waals surface area contributed by atoms with E-state index in [9.17, 15) is 9.59 Å². The van der Waals surface area contributed by atoms with Crippen molar-refractivity contribution < 1.29 is 9.59 Å². The monoisotopic (exact) mass is 673 g/mol. The van der Waals surface area contributed by atoms with Crippen molar-refractivity contribution in [3.05, 3.63) is 177 Å². The Balaban J connectivity index is 1.14. The molecule has 5 aromatic carbocycles. The highest BCUT2D eigenvalue weighted by Crippen LogP contribution is 2.41. The van der Waals surface area contributed by atoms with Crippen LogP contribution < -0.4 is 16.3 Å². The minimum absolute atomic E-state index is 0.140. The number of carbonyl (C=O) groups is 2. The molecule has 0 saturated heterocycles. The van der Waals surface area contributed by atoms with Crippen LogP contribution in [0.5, 0.6) is 0 Å². The molecular formula is C43H27N7O2. The zero-order chi connectivity index (χ0) is 34.5. The number of hydrogen-bond donors (Lipinski definition) is 3. The van der Waals surface area contributed by atoms with E-state index in [-0.39, 0.29) is 24.4 Å². The summed E-state index contributed by atoms with van der Waals surface area (Å²) in [4.78, 5) is 50.7. The maximum Gasteiger partial charge on any atom is 0.261 e. The van der Waals surface area contributed by atoms with Gasteiger partial charge in [-0.1, -0.05) is 97.1 Å². The highest BCUT2D eigenvalue weighted by atomic mass is 16.2. The molecular weight excluding hydrogens is 647 g/mol. The van der Waals surface area contributed by atoms with Crippen LogP contribution in [0.4, 0.5) is 11.6 Å². The van der Waals surface area contributed by atoms with Gasteiger partial charge in [0.15, 0.2) is 0 Å². The second kappa shape index (κ2) is 10.7. The Morgan fingerprint density at radius 3 is 2.04 bits per heavy atom. The molecule has 9 heteroatoms. The molecule has 246 valence electrons. The predicted octanol–water partition coefficient (Wildman–Crippen LogP) is 7.38. The first-order chi connectivity index (χ1) is 25.6. The van der Waals surface area contributed by atoms with Crippen LogP contribution in [-0.4, -0.2) is 32.4 Å². The maximum absolute atomic E-state index is 13.3. The number of imide groups is 1. The average Bonchev–Trinajstić information content (AvgIpc) is 3.96. The number of fused-ring (bicyclic) bond motifs is 19. The molecule has 4 aliphatic rings. The molecule has 8 bridgehead atoms. The van der Waals surface area contributed by atoms with Gasteiger partial charge in [-0.2, -0.15) is 0 Å². The molecule has 0 fully saturated rings. The van der Waals surface area contributed by atoms with Crippen molar-refractivity contribution in [3.8, 4) is 0 Å². The highest BCUT2D eigenvalue weighted by Gasteiger charge is 2.35. The number of hydrogen-bond acceptors (Lipinski definition) is 6. The largest absolute Gasteiger partial charge is 0.361 e. The molecule has 52 heavy (non-hydrogen) atoms. The van der Waals surface area contributed by atoms with E-state index in [0.29, 0.717) is 22.1 Å². The van der Waals surface area contributed by atoms with E-state index in [4.69, 9.17) is 15.0 Å². The number of carbonyl (C=O) groups excluding carboxylic acids is 2. The van der Waals surface area contributed by atoms with E-state index >= 15 is 0 Å². The van der Waals surface area contributed by atoms with Gasteiger partial charge in [-0.3, -0.25) is 14.5 Å². The molecule has 7 aromatic rings. The summed E-state index contributed by atoms with van der Waals surface area (Å²) in [5, 5.41) is 7.55. The molecule has 1 unspecified atom stereocenters. The molecule has 11 rings (SSSR count). The first kappa shape index (κ1) is 28.7. The summed E-state index contributed by atoms with van der Waals surface area (Å²) in [6.45, 7) is 0.140. The van der Waals surface area contributed by atoms with E-state index in [0.717, 1.165) is 78.1 Å². The smallest absolute Gasteiger partial charge is 0.261 e. The summed E-state index contributed by atoms with van der Waals surface area (Å²) in [6, 6.07) is 37.5. The van der Waals surface area contributed by atoms with Gasteiger partial charge >= 0.3 is 0 Å². The van der Waals surface area contributed by atoms with Gasteiger partial charge in [0.1, 0.15) is 22.6 Å². The number of aliphatic imine (C=N–C) groups is 1. The van der Waals surface area contributed by atoms with Crippen LogP contribution in [0.25, 0.3) is 32.9 Å². The Hall–Kier alpha value is -7.13. The zero-order valence-electron chi connectivity index (χ0n) is 27.5. The van der Waals surface area contributed by atoms with Crippen molar-refractivity contribution in [3.63, 3.8) is 0 Å². The Morgan fingerprint density at radius 2 is 1.23 bits per heavy atom. The molecule has 4 heterocycles. The number of aromatic amines is 2. The Kier molecular flexibility index (Phi) is 5.89. The minimum atomic E-state index is -0.287. The van der Waals surface area contributed by atoms with Crippen molar-refractivity contribution in [2.45, 2.75) is 12.6 Å². The van der Waals surface area contributed by atoms with Crippen LogP contribution >= 0.6 is 0 Å². The van der Waals surface area contributed by atoms with Gasteiger partial charge in [0, 0.05) is 38.2 Å². The lowest BCUT2D eigenvalue weighted by atomic mass is 10.1. The van der Waals surface area contributed by atoms with E-state index in [1.807, 2.05) is 60.7 Å². The quantitative estimate of drug-likeness (QED) is 0.166. The third-order valence-electron chi connectivity index (χ3n) is 10.4. The fraction of sp³-hybridized carbons (Fsp3) is 0.0465. The van der Waals surface area contributed by atoms with Crippen molar-refractivity contribution in [1.82, 2.24) is 14.9 Å². The molecule has 9 nitrogen and oxygen atoms in total. The molecule has 2 aromatic heterocycles. The number of nitrogens with zero attached hydrogens (tertiary/aromatic N) is 4. The number of anilines is 1. The fourth-order valence-electron chi connectivity index (χ4n) is 7.92. The SMILES string of the molecule is O=C1c2ccccc2C(=O)N1Cc1ccc2c3[nH]c(c2c1)=NC1=CC(Nc2[nH]c(c4ccccc24)/N=C2\C=C(N=3)c3ccccc32)c2ccccc21. The second-order valence-corrected chi connectivity index (χ2v) is 13.4. The summed E-state index contributed by atoms with van der Waals surface area (Å²) < 4.78 is 0. The average molecular weight is 674 g/mol. The Morgan fingerprint density at radius 1 is 0.577 bits per heavy atom. The van der Waals surface area contributed by atoms with Gasteiger partial charge in [0.25, 0.3) is 11.8 Å². The third kappa shape index (κ3) is 4.19. The molecule has 3 N–H and O–H groups in total. The topological polar surface area (TPSA) is 118 Å². The number of H-pyrrole nitrogens is 2. The number of rotatable bonds is 2. The molecule has 0 saturated carbocycles. The minimum Gasteiger partial charge on any atom is -0.361 e. The van der Waals surface area contributed by atoms with Gasteiger partial charge in [-0.25, -0.2) is 15.0 Å². The van der Waals surface area contributed by atoms with Crippen molar-refractivity contribution in [2.24, 2.45) is 15.0 Å². The van der Waals surface area contributed by atoms with Gasteiger partial charge in [-0.15, -0.1) is 0 Å². The van der Waals surface area contributed by atoms with Crippen LogP contribution in [-0.2, 0) is 6.54 Å². The Bertz CT molecular complexity index is 2940. The summed E-state index contributed by atoms with van der Waals surface area (Å²) in [5.41, 5.74) is 9.52. The summed E-state index contributed by atoms with van der Waals surface area (Å²) >= 11 is 0. The molecule has 0 radical (unpaired) electrons. The normalized spacial score (nSPS) is 17.8. The molecule has 1 atom stereocenters. The van der Waals surface area contributed by atoms with Crippen molar-refractivity contribution in [1.29, 1.82) is 0 Å². The number of allylic oxidation sites excluding steroid dienone is 1. The first-order valence-corrected chi connectivity index (χ1v) is 17.2. The van der Waals surface area contributed by atoms with Gasteiger partial charge < -0.3 is 15.3 Å². The lowest BCUT2D eigenvalue weighted by Gasteiger charge is -2.14. The summed E-state index contributed by atoms with van der Waals surface area (Å²) in [7, 11) is 0. The summed E-state index contributed by atoms with van der Waals surface area (Å²) in [6.07, 6.45) is 4.17. The van der Waals surface area contributed by atoms with Crippen LogP contribution in [0.3, 0.4) is 0 Å². The zero-order valence-corrected chi connectivity index (χ0v) is 27.5. The standard InChI is InChI=1S/C43H27N7O2/c51-42-31-15-7-8-16-32(31)43(52)50(42)22-23-17-18-30-33(19-23)41-47-37-21-35(26-11-3-4-12-27(26)37)45-39-29-14-6-5-13-28(29)38(48-39)44-34-20-36(46-40(30)49-41)25-10-2-1-9-24(25)34/h1-21,35,45,48H,22H2,(H,46,47,49)/b44-34+. The molecule has 2 aliphatic carbocycles. The van der Waals surface area contributed by atoms with Crippen LogP contribution in [0.1, 0.15) is 54.6 Å². The van der Waals surface area contributed by atoms with Gasteiger partial charge in [0.05, 0.1) is 40.8 Å². The van der Waals surface area contributed by atoms with Gasteiger partial charge in [-0.05, 0) is 41.5 Å². The second-order valence-electron chi connectivity index (χ2n) is 13.4. The summed E-state index contributed by atoms with van der Waals surface area (Å²) in [5.74, 6) is 1.08. The van der Waals surface area contributed by atoms with Crippen LogP contribution in [0.2, 0.25) is 0 Å². The van der Waals surface area contributed by atoms with Crippen LogP contribution in [0, 0.1) is 0 Å². The number of benzene rings is 5. The Labute approximate surface area is 296 Å². The van der Waals surface area contributed by atoms with E-state index in [2.05, 4.69) is 57.8 Å². The molecule has 2 aliphatic heterocycles. The third-order valence-corrected chi connectivity index (χ3v) is 10.4. The number of nitrogens with one attached hydrogen (secondary N) is 3. The predicted molar refractivity (Wildman–Crippen MR) is 201 cm³/mol. The van der Waals surface area contributed by atoms with E-state index in [1.54, 1.807) is 24.3 Å². The fourth-order valence-corrected chi connectivity index (χ4v) is 7.92. The molecule has 0 spiro atoms. The highest BCUT2D eigenvalue weighted by molar-refractivity contribution is 6.22. The lowest BCUT2D eigenvalue weighted by Crippen LogP contribution is -2.29. The van der Waals surface area contributed by atoms with Crippen molar-refractivity contribution >= 4 is 62.1 Å². The lowest BCUT2D eigenvalue weighted by molar-refractivity contribution is 0.0642. The van der Waals surface area contributed by atoms with Crippen LogP contribution in [0.15, 0.2) is 142 Å². The first-order valence-electron chi connectivity index (χ1n) is 17.2. The van der Waals surface area contributed by atoms with E-state index < -0.39 is 0 Å². The molecule has 2 amide bonds. The number of aromatic nitrogens is 2. The van der Waals surface area contributed by atoms with E-state index in [1.165, 1.54) is 4.90 Å². The van der Waals surface area contributed by atoms with Crippen molar-refractivity contribution in [2.75, 3.05) is 5.32 Å².